The Balaban J connectivity index is 1.66. The molecule has 0 radical (unpaired) electrons. The van der Waals surface area contributed by atoms with E-state index in [1.165, 1.54) is 0 Å². The summed E-state index contributed by atoms with van der Waals surface area (Å²) in [5, 5.41) is 8.62. The van der Waals surface area contributed by atoms with Crippen LogP contribution in [0.25, 0.3) is 0 Å². The van der Waals surface area contributed by atoms with Gasteiger partial charge in [0.15, 0.2) is 0 Å². The van der Waals surface area contributed by atoms with Crippen molar-refractivity contribution in [2.24, 2.45) is 0 Å². The Labute approximate surface area is 160 Å². The van der Waals surface area contributed by atoms with Crippen LogP contribution in [0.3, 0.4) is 0 Å². The van der Waals surface area contributed by atoms with Crippen molar-refractivity contribution in [3.05, 3.63) is 69.7 Å². The first-order valence-electron chi connectivity index (χ1n) is 7.80. The SMILES string of the molecule is O=C(CNC(=O)c1ccccc1Cl)NCCNC(=O)c1ccc(Cl)cc1. The molecule has 0 saturated carbocycles. The molecule has 0 atom stereocenters. The van der Waals surface area contributed by atoms with Gasteiger partial charge in [0.2, 0.25) is 5.91 Å². The highest BCUT2D eigenvalue weighted by Gasteiger charge is 2.11. The second-order valence-corrected chi connectivity index (χ2v) is 6.12. The molecule has 3 amide bonds. The molecule has 0 spiro atoms. The Morgan fingerprint density at radius 1 is 0.769 bits per heavy atom. The smallest absolute Gasteiger partial charge is 0.253 e. The summed E-state index contributed by atoms with van der Waals surface area (Å²) in [5.41, 5.74) is 0.782. The Morgan fingerprint density at radius 2 is 1.42 bits per heavy atom. The van der Waals surface area contributed by atoms with Crippen LogP contribution in [-0.4, -0.2) is 37.4 Å². The van der Waals surface area contributed by atoms with Gasteiger partial charge in [0, 0.05) is 23.7 Å². The fourth-order valence-electron chi connectivity index (χ4n) is 2.04. The molecule has 0 fully saturated rings. The van der Waals surface area contributed by atoms with Gasteiger partial charge in [-0.25, -0.2) is 0 Å². The lowest BCUT2D eigenvalue weighted by Crippen LogP contribution is -2.40. The maximum Gasteiger partial charge on any atom is 0.253 e. The van der Waals surface area contributed by atoms with Gasteiger partial charge >= 0.3 is 0 Å². The lowest BCUT2D eigenvalue weighted by molar-refractivity contribution is -0.120. The van der Waals surface area contributed by atoms with Crippen LogP contribution >= 0.6 is 23.2 Å². The van der Waals surface area contributed by atoms with Crippen molar-refractivity contribution in [3.63, 3.8) is 0 Å². The minimum absolute atomic E-state index is 0.185. The summed E-state index contributed by atoms with van der Waals surface area (Å²) in [5.74, 6) is -1.06. The van der Waals surface area contributed by atoms with Gasteiger partial charge in [-0.15, -0.1) is 0 Å². The summed E-state index contributed by atoms with van der Waals surface area (Å²) in [4.78, 5) is 35.5. The Bertz CT molecular complexity index is 795. The number of amides is 3. The van der Waals surface area contributed by atoms with Crippen molar-refractivity contribution in [2.75, 3.05) is 19.6 Å². The Kier molecular flexibility index (Phi) is 7.44. The molecular formula is C18H17Cl2N3O3. The predicted octanol–water partition coefficient (Wildman–Crippen LogP) is 2.27. The summed E-state index contributed by atoms with van der Waals surface area (Å²) in [6.45, 7) is 0.307. The molecule has 0 aliphatic carbocycles. The second-order valence-electron chi connectivity index (χ2n) is 5.28. The number of carbonyl (C=O) groups excluding carboxylic acids is 3. The van der Waals surface area contributed by atoms with Gasteiger partial charge in [-0.2, -0.15) is 0 Å². The topological polar surface area (TPSA) is 87.3 Å². The summed E-state index contributed by atoms with van der Waals surface area (Å²) >= 11 is 11.7. The third-order valence-electron chi connectivity index (χ3n) is 3.37. The standard InChI is InChI=1S/C18H17Cl2N3O3/c19-13-7-5-12(6-8-13)17(25)22-10-9-21-16(24)11-23-18(26)14-3-1-2-4-15(14)20/h1-8H,9-11H2,(H,21,24)(H,22,25)(H,23,26). The monoisotopic (exact) mass is 393 g/mol. The van der Waals surface area contributed by atoms with Gasteiger partial charge in [0.1, 0.15) is 0 Å². The first-order chi connectivity index (χ1) is 12.5. The van der Waals surface area contributed by atoms with Gasteiger partial charge in [-0.1, -0.05) is 35.3 Å². The lowest BCUT2D eigenvalue weighted by atomic mass is 10.2. The van der Waals surface area contributed by atoms with Crippen molar-refractivity contribution in [2.45, 2.75) is 0 Å². The van der Waals surface area contributed by atoms with E-state index in [0.29, 0.717) is 21.2 Å². The molecule has 3 N–H and O–H groups in total. The summed E-state index contributed by atoms with van der Waals surface area (Å²) in [7, 11) is 0. The zero-order valence-corrected chi connectivity index (χ0v) is 15.2. The van der Waals surface area contributed by atoms with E-state index in [0.717, 1.165) is 0 Å². The first kappa shape index (κ1) is 19.8. The van der Waals surface area contributed by atoms with Crippen LogP contribution in [0.5, 0.6) is 0 Å². The predicted molar refractivity (Wildman–Crippen MR) is 101 cm³/mol. The van der Waals surface area contributed by atoms with Crippen LogP contribution in [-0.2, 0) is 4.79 Å². The first-order valence-corrected chi connectivity index (χ1v) is 8.56. The zero-order chi connectivity index (χ0) is 18.9. The number of halogens is 2. The van der Waals surface area contributed by atoms with Crippen molar-refractivity contribution in [3.8, 4) is 0 Å². The number of nitrogens with one attached hydrogen (secondary N) is 3. The summed E-state index contributed by atoms with van der Waals surface area (Å²) in [6, 6.07) is 13.0. The highest BCUT2D eigenvalue weighted by Crippen LogP contribution is 2.14. The van der Waals surface area contributed by atoms with E-state index >= 15 is 0 Å². The number of carbonyl (C=O) groups is 3. The fourth-order valence-corrected chi connectivity index (χ4v) is 2.39. The van der Waals surface area contributed by atoms with E-state index in [1.807, 2.05) is 0 Å². The quantitative estimate of drug-likeness (QED) is 0.630. The fraction of sp³-hybridized carbons (Fsp3) is 0.167. The van der Waals surface area contributed by atoms with Crippen molar-refractivity contribution in [1.29, 1.82) is 0 Å². The van der Waals surface area contributed by atoms with Crippen LogP contribution in [0.1, 0.15) is 20.7 Å². The average Bonchev–Trinajstić information content (AvgIpc) is 2.64. The summed E-state index contributed by atoms with van der Waals surface area (Å²) < 4.78 is 0. The highest BCUT2D eigenvalue weighted by molar-refractivity contribution is 6.33. The van der Waals surface area contributed by atoms with E-state index in [-0.39, 0.29) is 31.4 Å². The van der Waals surface area contributed by atoms with Crippen molar-refractivity contribution >= 4 is 40.9 Å². The molecule has 26 heavy (non-hydrogen) atoms. The molecular weight excluding hydrogens is 377 g/mol. The molecule has 0 bridgehead atoms. The van der Waals surface area contributed by atoms with E-state index in [4.69, 9.17) is 23.2 Å². The van der Waals surface area contributed by atoms with Crippen LogP contribution in [0, 0.1) is 0 Å². The third kappa shape index (κ3) is 6.06. The van der Waals surface area contributed by atoms with Crippen LogP contribution in [0.15, 0.2) is 48.5 Å². The number of hydrogen-bond donors (Lipinski definition) is 3. The molecule has 0 heterocycles. The third-order valence-corrected chi connectivity index (χ3v) is 3.95. The molecule has 2 aromatic carbocycles. The molecule has 0 aliphatic heterocycles. The number of benzene rings is 2. The second kappa shape index (κ2) is 9.79. The van der Waals surface area contributed by atoms with Crippen LogP contribution in [0.4, 0.5) is 0 Å². The van der Waals surface area contributed by atoms with Gasteiger partial charge in [-0.05, 0) is 36.4 Å². The molecule has 0 aliphatic rings. The Hall–Kier alpha value is -2.57. The number of hydrogen-bond acceptors (Lipinski definition) is 3. The lowest BCUT2D eigenvalue weighted by Gasteiger charge is -2.09. The number of rotatable bonds is 7. The minimum atomic E-state index is -0.429. The van der Waals surface area contributed by atoms with Gasteiger partial charge < -0.3 is 16.0 Å². The zero-order valence-electron chi connectivity index (χ0n) is 13.7. The average molecular weight is 394 g/mol. The van der Waals surface area contributed by atoms with Gasteiger partial charge in [-0.3, -0.25) is 14.4 Å². The largest absolute Gasteiger partial charge is 0.353 e. The van der Waals surface area contributed by atoms with Gasteiger partial charge in [0.25, 0.3) is 11.8 Å². The molecule has 0 unspecified atom stereocenters. The molecule has 6 nitrogen and oxygen atoms in total. The molecule has 0 aromatic heterocycles. The van der Waals surface area contributed by atoms with E-state index in [2.05, 4.69) is 16.0 Å². The van der Waals surface area contributed by atoms with E-state index < -0.39 is 5.91 Å². The highest BCUT2D eigenvalue weighted by atomic mass is 35.5. The molecule has 0 saturated heterocycles. The maximum atomic E-state index is 11.9. The maximum absolute atomic E-state index is 11.9. The van der Waals surface area contributed by atoms with Gasteiger partial charge in [0.05, 0.1) is 17.1 Å². The molecule has 2 aromatic rings. The molecule has 136 valence electrons. The van der Waals surface area contributed by atoms with Crippen LogP contribution < -0.4 is 16.0 Å². The van der Waals surface area contributed by atoms with Crippen molar-refractivity contribution < 1.29 is 14.4 Å². The van der Waals surface area contributed by atoms with E-state index in [1.54, 1.807) is 48.5 Å². The van der Waals surface area contributed by atoms with E-state index in [9.17, 15) is 14.4 Å². The molecule has 2 rings (SSSR count). The van der Waals surface area contributed by atoms with Crippen LogP contribution in [0.2, 0.25) is 10.0 Å². The van der Waals surface area contributed by atoms with Crippen molar-refractivity contribution in [1.82, 2.24) is 16.0 Å². The minimum Gasteiger partial charge on any atom is -0.353 e. The summed E-state index contributed by atoms with van der Waals surface area (Å²) in [6.07, 6.45) is 0. The normalized spacial score (nSPS) is 10.1. The Morgan fingerprint density at radius 3 is 2.12 bits per heavy atom. The molecule has 8 heteroatoms.